The zero-order valence-electron chi connectivity index (χ0n) is 18.2. The van der Waals surface area contributed by atoms with E-state index in [0.29, 0.717) is 39.0 Å². The topological polar surface area (TPSA) is 104 Å². The molecule has 3 heterocycles. The van der Waals surface area contributed by atoms with Gasteiger partial charge in [-0.1, -0.05) is 12.1 Å². The molecule has 0 N–H and O–H groups in total. The maximum absolute atomic E-state index is 12.8. The summed E-state index contributed by atoms with van der Waals surface area (Å²) in [6.07, 6.45) is 3.96. The molecular formula is C22H26N6O4. The SMILES string of the molecule is CCOC(=O)c1nn(Cc2ccc(OC)cc2)c2c1CN(C(=O)CCn1cncn1)CC2. The van der Waals surface area contributed by atoms with Gasteiger partial charge in [-0.05, 0) is 24.6 Å². The Hall–Kier alpha value is -3.69. The van der Waals surface area contributed by atoms with Crippen molar-refractivity contribution in [2.45, 2.75) is 39.4 Å². The molecular weight excluding hydrogens is 412 g/mol. The average molecular weight is 438 g/mol. The first-order chi connectivity index (χ1) is 15.6. The Bertz CT molecular complexity index is 1070. The van der Waals surface area contributed by atoms with Crippen molar-refractivity contribution in [3.8, 4) is 5.75 Å². The number of esters is 1. The van der Waals surface area contributed by atoms with E-state index in [4.69, 9.17) is 9.47 Å². The fourth-order valence-corrected chi connectivity index (χ4v) is 3.82. The molecule has 0 saturated heterocycles. The van der Waals surface area contributed by atoms with Gasteiger partial charge in [0.15, 0.2) is 5.69 Å². The summed E-state index contributed by atoms with van der Waals surface area (Å²) >= 11 is 0. The van der Waals surface area contributed by atoms with E-state index < -0.39 is 5.97 Å². The second kappa shape index (κ2) is 9.63. The minimum atomic E-state index is -0.464. The molecule has 2 aromatic heterocycles. The van der Waals surface area contributed by atoms with E-state index in [1.807, 2.05) is 28.9 Å². The van der Waals surface area contributed by atoms with E-state index in [2.05, 4.69) is 15.2 Å². The lowest BCUT2D eigenvalue weighted by Crippen LogP contribution is -2.37. The molecule has 10 heteroatoms. The fraction of sp³-hybridized carbons (Fsp3) is 0.409. The molecule has 0 atom stereocenters. The molecule has 0 bridgehead atoms. The molecule has 0 spiro atoms. The average Bonchev–Trinajstić information content (AvgIpc) is 3.46. The molecule has 1 aliphatic rings. The van der Waals surface area contributed by atoms with Gasteiger partial charge in [0.1, 0.15) is 18.4 Å². The number of hydrogen-bond donors (Lipinski definition) is 0. The van der Waals surface area contributed by atoms with Crippen LogP contribution < -0.4 is 4.74 Å². The van der Waals surface area contributed by atoms with Crippen LogP contribution in [0.2, 0.25) is 0 Å². The number of carbonyl (C=O) groups is 2. The molecule has 4 rings (SSSR count). The molecule has 1 amide bonds. The highest BCUT2D eigenvalue weighted by Gasteiger charge is 2.30. The van der Waals surface area contributed by atoms with Crippen molar-refractivity contribution in [2.24, 2.45) is 0 Å². The predicted molar refractivity (Wildman–Crippen MR) is 114 cm³/mol. The zero-order chi connectivity index (χ0) is 22.5. The van der Waals surface area contributed by atoms with Crippen LogP contribution in [0.3, 0.4) is 0 Å². The van der Waals surface area contributed by atoms with Crippen molar-refractivity contribution in [2.75, 3.05) is 20.3 Å². The van der Waals surface area contributed by atoms with Crippen LogP contribution in [0.4, 0.5) is 0 Å². The first kappa shape index (κ1) is 21.5. The minimum absolute atomic E-state index is 0.00358. The van der Waals surface area contributed by atoms with Gasteiger partial charge in [-0.3, -0.25) is 14.2 Å². The van der Waals surface area contributed by atoms with E-state index in [9.17, 15) is 9.59 Å². The zero-order valence-corrected chi connectivity index (χ0v) is 18.2. The third-order valence-corrected chi connectivity index (χ3v) is 5.47. The minimum Gasteiger partial charge on any atom is -0.497 e. The van der Waals surface area contributed by atoms with E-state index in [-0.39, 0.29) is 18.2 Å². The van der Waals surface area contributed by atoms with Crippen molar-refractivity contribution in [3.63, 3.8) is 0 Å². The van der Waals surface area contributed by atoms with Crippen molar-refractivity contribution >= 4 is 11.9 Å². The summed E-state index contributed by atoms with van der Waals surface area (Å²) in [5.74, 6) is 0.321. The molecule has 32 heavy (non-hydrogen) atoms. The molecule has 1 aliphatic heterocycles. The third-order valence-electron chi connectivity index (χ3n) is 5.47. The lowest BCUT2D eigenvalue weighted by Gasteiger charge is -2.28. The maximum atomic E-state index is 12.8. The summed E-state index contributed by atoms with van der Waals surface area (Å²) in [4.78, 5) is 31.0. The van der Waals surface area contributed by atoms with E-state index in [1.165, 1.54) is 6.33 Å². The fourth-order valence-electron chi connectivity index (χ4n) is 3.82. The Kier molecular flexibility index (Phi) is 6.48. The van der Waals surface area contributed by atoms with Gasteiger partial charge < -0.3 is 14.4 Å². The van der Waals surface area contributed by atoms with Crippen molar-refractivity contribution in [1.82, 2.24) is 29.4 Å². The molecule has 0 radical (unpaired) electrons. The van der Waals surface area contributed by atoms with Crippen LogP contribution in [-0.2, 0) is 35.6 Å². The van der Waals surface area contributed by atoms with Crippen LogP contribution in [0.1, 0.15) is 40.7 Å². The monoisotopic (exact) mass is 438 g/mol. The molecule has 1 aromatic carbocycles. The quantitative estimate of drug-likeness (QED) is 0.493. The molecule has 0 fully saturated rings. The van der Waals surface area contributed by atoms with Gasteiger partial charge in [0.25, 0.3) is 0 Å². The van der Waals surface area contributed by atoms with Crippen LogP contribution in [0.25, 0.3) is 0 Å². The van der Waals surface area contributed by atoms with E-state index >= 15 is 0 Å². The Morgan fingerprint density at radius 1 is 1.19 bits per heavy atom. The van der Waals surface area contributed by atoms with Crippen LogP contribution in [0.5, 0.6) is 5.75 Å². The number of rotatable bonds is 8. The number of fused-ring (bicyclic) bond motifs is 1. The highest BCUT2D eigenvalue weighted by molar-refractivity contribution is 5.89. The van der Waals surface area contributed by atoms with Crippen LogP contribution in [-0.4, -0.2) is 61.6 Å². The number of benzene rings is 1. The number of carbonyl (C=O) groups excluding carboxylic acids is 2. The van der Waals surface area contributed by atoms with Gasteiger partial charge in [0.05, 0.1) is 26.8 Å². The lowest BCUT2D eigenvalue weighted by molar-refractivity contribution is -0.132. The maximum Gasteiger partial charge on any atom is 0.359 e. The number of methoxy groups -OCH3 is 1. The van der Waals surface area contributed by atoms with E-state index in [1.54, 1.807) is 29.9 Å². The number of amides is 1. The Morgan fingerprint density at radius 2 is 2.00 bits per heavy atom. The summed E-state index contributed by atoms with van der Waals surface area (Å²) in [6, 6.07) is 7.74. The molecule has 10 nitrogen and oxygen atoms in total. The number of aryl methyl sites for hydroxylation is 1. The lowest BCUT2D eigenvalue weighted by atomic mass is 10.0. The predicted octanol–water partition coefficient (Wildman–Crippen LogP) is 1.68. The van der Waals surface area contributed by atoms with Crippen LogP contribution in [0, 0.1) is 0 Å². The summed E-state index contributed by atoms with van der Waals surface area (Å²) in [5, 5.41) is 8.61. The van der Waals surface area contributed by atoms with Gasteiger partial charge in [0, 0.05) is 37.2 Å². The highest BCUT2D eigenvalue weighted by Crippen LogP contribution is 2.25. The molecule has 168 valence electrons. The largest absolute Gasteiger partial charge is 0.497 e. The first-order valence-electron chi connectivity index (χ1n) is 10.6. The third kappa shape index (κ3) is 4.63. The molecule has 0 aliphatic carbocycles. The second-order valence-electron chi connectivity index (χ2n) is 7.47. The Morgan fingerprint density at radius 3 is 2.69 bits per heavy atom. The van der Waals surface area contributed by atoms with Gasteiger partial charge >= 0.3 is 5.97 Å². The summed E-state index contributed by atoms with van der Waals surface area (Å²) in [7, 11) is 1.63. The van der Waals surface area contributed by atoms with Gasteiger partial charge in [-0.15, -0.1) is 0 Å². The standard InChI is InChI=1S/C22H26N6O4/c1-3-32-22(30)21-18-13-26(20(29)9-11-27-15-23-14-24-27)10-8-19(18)28(25-21)12-16-4-6-17(31-2)7-5-16/h4-7,14-15H,3,8-13H2,1-2H3. The molecule has 0 saturated carbocycles. The first-order valence-corrected chi connectivity index (χ1v) is 10.6. The van der Waals surface area contributed by atoms with Crippen molar-refractivity contribution in [3.05, 3.63) is 59.4 Å². The second-order valence-corrected chi connectivity index (χ2v) is 7.47. The molecule has 3 aromatic rings. The smallest absolute Gasteiger partial charge is 0.359 e. The summed E-state index contributed by atoms with van der Waals surface area (Å²) < 4.78 is 13.9. The Balaban J connectivity index is 1.54. The van der Waals surface area contributed by atoms with Crippen LogP contribution in [0.15, 0.2) is 36.9 Å². The van der Waals surface area contributed by atoms with Crippen molar-refractivity contribution in [1.29, 1.82) is 0 Å². The Labute approximate surface area is 185 Å². The number of hydrogen-bond acceptors (Lipinski definition) is 7. The van der Waals surface area contributed by atoms with E-state index in [0.717, 1.165) is 22.6 Å². The van der Waals surface area contributed by atoms with Crippen LogP contribution >= 0.6 is 0 Å². The summed E-state index contributed by atoms with van der Waals surface area (Å²) in [5.41, 5.74) is 3.04. The normalized spacial score (nSPS) is 13.0. The van der Waals surface area contributed by atoms with Gasteiger partial charge in [-0.2, -0.15) is 10.2 Å². The van der Waals surface area contributed by atoms with Crippen molar-refractivity contribution < 1.29 is 19.1 Å². The number of aromatic nitrogens is 5. The van der Waals surface area contributed by atoms with Gasteiger partial charge in [0.2, 0.25) is 5.91 Å². The number of ether oxygens (including phenoxy) is 2. The van der Waals surface area contributed by atoms with Gasteiger partial charge in [-0.25, -0.2) is 9.78 Å². The highest BCUT2D eigenvalue weighted by atomic mass is 16.5. The molecule has 0 unspecified atom stereocenters. The number of nitrogens with zero attached hydrogens (tertiary/aromatic N) is 6. The summed E-state index contributed by atoms with van der Waals surface area (Å²) in [6.45, 7) is 3.91.